The molecular formula is C16H22O2. The maximum Gasteiger partial charge on any atom is 0.118 e. The third-order valence-electron chi connectivity index (χ3n) is 5.14. The van der Waals surface area contributed by atoms with Gasteiger partial charge >= 0.3 is 0 Å². The Kier molecular flexibility index (Phi) is 2.86. The summed E-state index contributed by atoms with van der Waals surface area (Å²) in [4.78, 5) is 0. The summed E-state index contributed by atoms with van der Waals surface area (Å²) in [5.74, 6) is 0.921. The lowest BCUT2D eigenvalue weighted by Gasteiger charge is -2.53. The summed E-state index contributed by atoms with van der Waals surface area (Å²) in [6.45, 7) is 3.24. The lowest BCUT2D eigenvalue weighted by atomic mass is 9.63. The van der Waals surface area contributed by atoms with Gasteiger partial charge in [-0.15, -0.1) is 0 Å². The van der Waals surface area contributed by atoms with Crippen LogP contribution in [0.15, 0.2) is 24.3 Å². The van der Waals surface area contributed by atoms with Gasteiger partial charge in [-0.2, -0.15) is 0 Å². The molecule has 2 bridgehead atoms. The molecule has 0 spiro atoms. The fourth-order valence-electron chi connectivity index (χ4n) is 3.49. The van der Waals surface area contributed by atoms with E-state index in [-0.39, 0.29) is 5.60 Å². The Bertz CT molecular complexity index is 397. The molecule has 3 aliphatic rings. The van der Waals surface area contributed by atoms with Crippen LogP contribution < -0.4 is 4.74 Å². The molecule has 1 saturated carbocycles. The van der Waals surface area contributed by atoms with Gasteiger partial charge in [0.2, 0.25) is 0 Å². The number of rotatable bonds is 3. The SMILES string of the molecule is CCC12CCC(c3ccc(OC)cc3)(CC1)OC2. The Balaban J connectivity index is 1.84. The Hall–Kier alpha value is -1.02. The van der Waals surface area contributed by atoms with E-state index < -0.39 is 0 Å². The first-order valence-electron chi connectivity index (χ1n) is 7.00. The Labute approximate surface area is 109 Å². The molecule has 0 aromatic heterocycles. The minimum atomic E-state index is -0.0107. The zero-order chi connectivity index (χ0) is 12.6. The zero-order valence-corrected chi connectivity index (χ0v) is 11.4. The van der Waals surface area contributed by atoms with Gasteiger partial charge in [-0.05, 0) is 55.2 Å². The van der Waals surface area contributed by atoms with Crippen molar-refractivity contribution < 1.29 is 9.47 Å². The summed E-state index contributed by atoms with van der Waals surface area (Å²) in [5.41, 5.74) is 1.80. The van der Waals surface area contributed by atoms with E-state index in [0.717, 1.165) is 12.4 Å². The van der Waals surface area contributed by atoms with Crippen molar-refractivity contribution in [2.24, 2.45) is 5.41 Å². The van der Waals surface area contributed by atoms with Crippen LogP contribution in [0.5, 0.6) is 5.75 Å². The standard InChI is InChI=1S/C16H22O2/c1-3-15-8-10-16(11-9-15,18-12-15)13-4-6-14(17-2)7-5-13/h4-7H,3,8-12H2,1-2H3. The molecule has 1 aromatic rings. The van der Waals surface area contributed by atoms with Gasteiger partial charge in [-0.3, -0.25) is 0 Å². The predicted octanol–water partition coefficient (Wildman–Crippen LogP) is 3.89. The fourth-order valence-corrected chi connectivity index (χ4v) is 3.49. The molecule has 0 amide bonds. The van der Waals surface area contributed by atoms with E-state index in [1.807, 2.05) is 12.1 Å². The molecule has 4 rings (SSSR count). The second-order valence-corrected chi connectivity index (χ2v) is 5.87. The van der Waals surface area contributed by atoms with Crippen LogP contribution in [-0.4, -0.2) is 13.7 Å². The number of hydrogen-bond donors (Lipinski definition) is 0. The van der Waals surface area contributed by atoms with Gasteiger partial charge in [-0.25, -0.2) is 0 Å². The van der Waals surface area contributed by atoms with Gasteiger partial charge in [-0.1, -0.05) is 19.1 Å². The molecule has 2 heteroatoms. The Morgan fingerprint density at radius 1 is 1.11 bits per heavy atom. The van der Waals surface area contributed by atoms with Crippen molar-refractivity contribution in [3.8, 4) is 5.75 Å². The van der Waals surface area contributed by atoms with Crippen LogP contribution >= 0.6 is 0 Å². The summed E-state index contributed by atoms with van der Waals surface area (Å²) in [6.07, 6.45) is 6.23. The normalized spacial score (nSPS) is 34.6. The summed E-state index contributed by atoms with van der Waals surface area (Å²) in [7, 11) is 1.71. The smallest absolute Gasteiger partial charge is 0.118 e. The van der Waals surface area contributed by atoms with Crippen LogP contribution in [0.4, 0.5) is 0 Å². The number of hydrogen-bond acceptors (Lipinski definition) is 2. The lowest BCUT2D eigenvalue weighted by molar-refractivity contribution is -0.190. The largest absolute Gasteiger partial charge is 0.497 e. The highest BCUT2D eigenvalue weighted by atomic mass is 16.5. The predicted molar refractivity (Wildman–Crippen MR) is 71.8 cm³/mol. The van der Waals surface area contributed by atoms with Crippen LogP contribution in [0.1, 0.15) is 44.6 Å². The van der Waals surface area contributed by atoms with Gasteiger partial charge in [0.05, 0.1) is 19.3 Å². The maximum atomic E-state index is 6.28. The minimum Gasteiger partial charge on any atom is -0.497 e. The molecule has 1 aliphatic carbocycles. The number of methoxy groups -OCH3 is 1. The summed E-state index contributed by atoms with van der Waals surface area (Å²) in [6, 6.07) is 8.43. The van der Waals surface area contributed by atoms with Crippen LogP contribution in [0.3, 0.4) is 0 Å². The van der Waals surface area contributed by atoms with E-state index in [4.69, 9.17) is 9.47 Å². The molecule has 0 N–H and O–H groups in total. The molecule has 2 aliphatic heterocycles. The Morgan fingerprint density at radius 3 is 2.22 bits per heavy atom. The van der Waals surface area contributed by atoms with E-state index in [9.17, 15) is 0 Å². The average molecular weight is 246 g/mol. The highest BCUT2D eigenvalue weighted by Gasteiger charge is 2.49. The first-order valence-corrected chi connectivity index (χ1v) is 7.00. The van der Waals surface area contributed by atoms with Crippen molar-refractivity contribution in [2.75, 3.05) is 13.7 Å². The van der Waals surface area contributed by atoms with Gasteiger partial charge in [0.15, 0.2) is 0 Å². The van der Waals surface area contributed by atoms with Crippen molar-refractivity contribution in [3.05, 3.63) is 29.8 Å². The van der Waals surface area contributed by atoms with Crippen molar-refractivity contribution in [1.29, 1.82) is 0 Å². The maximum absolute atomic E-state index is 6.28. The van der Waals surface area contributed by atoms with Crippen molar-refractivity contribution in [2.45, 2.75) is 44.6 Å². The van der Waals surface area contributed by atoms with E-state index in [2.05, 4.69) is 19.1 Å². The molecule has 2 heterocycles. The van der Waals surface area contributed by atoms with Gasteiger partial charge < -0.3 is 9.47 Å². The molecule has 0 atom stereocenters. The molecule has 2 nitrogen and oxygen atoms in total. The highest BCUT2D eigenvalue weighted by Crippen LogP contribution is 2.54. The van der Waals surface area contributed by atoms with E-state index in [1.54, 1.807) is 7.11 Å². The average Bonchev–Trinajstić information content (AvgIpc) is 2.49. The van der Waals surface area contributed by atoms with Crippen molar-refractivity contribution >= 4 is 0 Å². The molecule has 0 radical (unpaired) electrons. The summed E-state index contributed by atoms with van der Waals surface area (Å²) in [5, 5.41) is 0. The van der Waals surface area contributed by atoms with E-state index in [1.165, 1.54) is 37.7 Å². The molecular weight excluding hydrogens is 224 g/mol. The monoisotopic (exact) mass is 246 g/mol. The van der Waals surface area contributed by atoms with Gasteiger partial charge in [0, 0.05) is 0 Å². The molecule has 18 heavy (non-hydrogen) atoms. The first-order chi connectivity index (χ1) is 8.72. The Morgan fingerprint density at radius 2 is 1.78 bits per heavy atom. The number of fused-ring (bicyclic) bond motifs is 3. The lowest BCUT2D eigenvalue weighted by Crippen LogP contribution is -2.48. The van der Waals surface area contributed by atoms with E-state index in [0.29, 0.717) is 5.41 Å². The molecule has 2 saturated heterocycles. The van der Waals surface area contributed by atoms with Crippen LogP contribution in [-0.2, 0) is 10.3 Å². The van der Waals surface area contributed by atoms with Crippen LogP contribution in [0.25, 0.3) is 0 Å². The second kappa shape index (κ2) is 4.27. The number of benzene rings is 1. The van der Waals surface area contributed by atoms with Crippen LogP contribution in [0.2, 0.25) is 0 Å². The third kappa shape index (κ3) is 1.74. The molecule has 98 valence electrons. The zero-order valence-electron chi connectivity index (χ0n) is 11.4. The van der Waals surface area contributed by atoms with Crippen molar-refractivity contribution in [3.63, 3.8) is 0 Å². The quantitative estimate of drug-likeness (QED) is 0.805. The summed E-state index contributed by atoms with van der Waals surface area (Å²) < 4.78 is 11.5. The minimum absolute atomic E-state index is 0.0107. The molecule has 0 unspecified atom stereocenters. The van der Waals surface area contributed by atoms with E-state index >= 15 is 0 Å². The second-order valence-electron chi connectivity index (χ2n) is 5.87. The topological polar surface area (TPSA) is 18.5 Å². The first kappa shape index (κ1) is 12.0. The van der Waals surface area contributed by atoms with Crippen LogP contribution in [0, 0.1) is 5.41 Å². The highest BCUT2D eigenvalue weighted by molar-refractivity contribution is 5.32. The van der Waals surface area contributed by atoms with Gasteiger partial charge in [0.25, 0.3) is 0 Å². The fraction of sp³-hybridized carbons (Fsp3) is 0.625. The summed E-state index contributed by atoms with van der Waals surface area (Å²) >= 11 is 0. The van der Waals surface area contributed by atoms with Gasteiger partial charge in [0.1, 0.15) is 5.75 Å². The third-order valence-corrected chi connectivity index (χ3v) is 5.14. The number of ether oxygens (including phenoxy) is 2. The molecule has 3 fully saturated rings. The van der Waals surface area contributed by atoms with Crippen molar-refractivity contribution in [1.82, 2.24) is 0 Å². The molecule has 1 aromatic carbocycles.